The highest BCUT2D eigenvalue weighted by atomic mass is 19.1. The monoisotopic (exact) mass is 389 g/mol. The van der Waals surface area contributed by atoms with Crippen molar-refractivity contribution in [1.82, 2.24) is 15.1 Å². The third-order valence-corrected chi connectivity index (χ3v) is 6.47. The van der Waals surface area contributed by atoms with Crippen molar-refractivity contribution >= 4 is 5.91 Å². The number of likely N-dealkylation sites (tertiary alicyclic amines) is 2. The van der Waals surface area contributed by atoms with Crippen LogP contribution in [0.4, 0.5) is 4.39 Å². The van der Waals surface area contributed by atoms with Crippen LogP contribution >= 0.6 is 0 Å². The Kier molecular flexibility index (Phi) is 6.16. The lowest BCUT2D eigenvalue weighted by Crippen LogP contribution is -2.50. The normalized spacial score (nSPS) is 24.9. The quantitative estimate of drug-likeness (QED) is 0.813. The molecule has 0 spiro atoms. The van der Waals surface area contributed by atoms with Crippen molar-refractivity contribution in [2.45, 2.75) is 57.2 Å². The number of rotatable bonds is 6. The van der Waals surface area contributed by atoms with E-state index in [4.69, 9.17) is 4.74 Å². The fraction of sp³-hybridized carbons (Fsp3) is 0.682. The number of ether oxygens (including phenoxy) is 1. The lowest BCUT2D eigenvalue weighted by molar-refractivity contribution is -0.127. The lowest BCUT2D eigenvalue weighted by atomic mass is 9.93. The predicted octanol–water partition coefficient (Wildman–Crippen LogP) is 2.79. The minimum absolute atomic E-state index is 0.151. The average Bonchev–Trinajstić information content (AvgIpc) is 3.54. The Labute approximate surface area is 167 Å². The molecule has 6 heteroatoms. The molecule has 5 nitrogen and oxygen atoms in total. The number of hydrogen-bond acceptors (Lipinski definition) is 4. The highest BCUT2D eigenvalue weighted by Crippen LogP contribution is 2.27. The highest BCUT2D eigenvalue weighted by molar-refractivity contribution is 5.79. The zero-order valence-electron chi connectivity index (χ0n) is 16.8. The van der Waals surface area contributed by atoms with E-state index >= 15 is 0 Å². The molecule has 1 atom stereocenters. The highest BCUT2D eigenvalue weighted by Gasteiger charge is 2.33. The van der Waals surface area contributed by atoms with Crippen molar-refractivity contribution in [2.75, 3.05) is 33.3 Å². The molecule has 1 saturated carbocycles. The number of halogens is 1. The first-order chi connectivity index (χ1) is 13.6. The van der Waals surface area contributed by atoms with Crippen molar-refractivity contribution in [3.63, 3.8) is 0 Å². The van der Waals surface area contributed by atoms with Crippen LogP contribution < -0.4 is 10.1 Å². The lowest BCUT2D eigenvalue weighted by Gasteiger charge is -2.42. The Morgan fingerprint density at radius 1 is 1.18 bits per heavy atom. The molecule has 3 aliphatic rings. The van der Waals surface area contributed by atoms with E-state index in [1.807, 2.05) is 0 Å². The first kappa shape index (κ1) is 19.6. The Hall–Kier alpha value is -1.66. The van der Waals surface area contributed by atoms with Gasteiger partial charge in [-0.1, -0.05) is 0 Å². The number of nitrogens with zero attached hydrogens (tertiary/aromatic N) is 2. The fourth-order valence-electron chi connectivity index (χ4n) is 4.58. The largest absolute Gasteiger partial charge is 0.497 e. The number of amides is 1. The van der Waals surface area contributed by atoms with Gasteiger partial charge in [-0.05, 0) is 76.4 Å². The van der Waals surface area contributed by atoms with Gasteiger partial charge in [-0.25, -0.2) is 4.39 Å². The van der Waals surface area contributed by atoms with Gasteiger partial charge in [0.1, 0.15) is 11.6 Å². The number of carbonyl (C=O) groups excluding carboxylic acids is 1. The van der Waals surface area contributed by atoms with Crippen LogP contribution in [-0.4, -0.2) is 61.1 Å². The van der Waals surface area contributed by atoms with Gasteiger partial charge in [0, 0.05) is 30.7 Å². The average molecular weight is 390 g/mol. The van der Waals surface area contributed by atoms with Crippen LogP contribution in [0.5, 0.6) is 5.75 Å². The number of hydrogen-bond donors (Lipinski definition) is 1. The zero-order chi connectivity index (χ0) is 19.5. The molecule has 2 heterocycles. The Morgan fingerprint density at radius 3 is 2.68 bits per heavy atom. The molecule has 154 valence electrons. The molecular weight excluding hydrogens is 357 g/mol. The van der Waals surface area contributed by atoms with Gasteiger partial charge in [0.15, 0.2) is 0 Å². The van der Waals surface area contributed by atoms with Crippen LogP contribution in [0.25, 0.3) is 0 Å². The summed E-state index contributed by atoms with van der Waals surface area (Å²) >= 11 is 0. The second kappa shape index (κ2) is 8.78. The number of piperidine rings is 2. The second-order valence-corrected chi connectivity index (χ2v) is 8.58. The van der Waals surface area contributed by atoms with Crippen LogP contribution in [0.15, 0.2) is 18.2 Å². The van der Waals surface area contributed by atoms with Crippen LogP contribution in [0, 0.1) is 11.7 Å². The first-order valence-corrected chi connectivity index (χ1v) is 10.7. The molecule has 1 amide bonds. The van der Waals surface area contributed by atoms with Crippen LogP contribution in [0.2, 0.25) is 0 Å². The fourth-order valence-corrected chi connectivity index (χ4v) is 4.58. The van der Waals surface area contributed by atoms with Gasteiger partial charge in [0.2, 0.25) is 5.91 Å². The summed E-state index contributed by atoms with van der Waals surface area (Å²) < 4.78 is 19.3. The van der Waals surface area contributed by atoms with Gasteiger partial charge >= 0.3 is 0 Å². The molecule has 0 radical (unpaired) electrons. The van der Waals surface area contributed by atoms with Crippen molar-refractivity contribution < 1.29 is 13.9 Å². The molecule has 1 aromatic carbocycles. The first-order valence-electron chi connectivity index (χ1n) is 10.7. The maximum atomic E-state index is 14.1. The zero-order valence-corrected chi connectivity index (χ0v) is 16.8. The molecule has 1 aromatic rings. The summed E-state index contributed by atoms with van der Waals surface area (Å²) in [5, 5.41) is 3.18. The molecule has 1 aliphatic carbocycles. The summed E-state index contributed by atoms with van der Waals surface area (Å²) in [7, 11) is 1.61. The predicted molar refractivity (Wildman–Crippen MR) is 107 cm³/mol. The molecule has 0 aromatic heterocycles. The topological polar surface area (TPSA) is 44.8 Å². The SMILES string of the molecule is COc1ccc(F)c(CN2CCC(N3CCC[C@H](C(=O)NC4CC4)C3)CC2)c1. The van der Waals surface area contributed by atoms with Crippen molar-refractivity contribution in [3.8, 4) is 5.75 Å². The van der Waals surface area contributed by atoms with Crippen LogP contribution in [0.3, 0.4) is 0 Å². The molecule has 1 N–H and O–H groups in total. The molecule has 3 fully saturated rings. The van der Waals surface area contributed by atoms with Gasteiger partial charge in [-0.15, -0.1) is 0 Å². The van der Waals surface area contributed by atoms with Crippen LogP contribution in [0.1, 0.15) is 44.1 Å². The summed E-state index contributed by atoms with van der Waals surface area (Å²) in [4.78, 5) is 17.3. The summed E-state index contributed by atoms with van der Waals surface area (Å²) in [6.07, 6.45) is 6.59. The van der Waals surface area contributed by atoms with E-state index < -0.39 is 0 Å². The third-order valence-electron chi connectivity index (χ3n) is 6.47. The van der Waals surface area contributed by atoms with E-state index in [-0.39, 0.29) is 17.6 Å². The Bertz CT molecular complexity index is 686. The van der Waals surface area contributed by atoms with Crippen molar-refractivity contribution in [2.24, 2.45) is 5.92 Å². The molecule has 0 unspecified atom stereocenters. The number of carbonyl (C=O) groups is 1. The molecular formula is C22H32FN3O2. The Balaban J connectivity index is 1.27. The van der Waals surface area contributed by atoms with Gasteiger partial charge in [0.25, 0.3) is 0 Å². The number of nitrogens with one attached hydrogen (secondary N) is 1. The van der Waals surface area contributed by atoms with Crippen molar-refractivity contribution in [1.29, 1.82) is 0 Å². The van der Waals surface area contributed by atoms with E-state index in [9.17, 15) is 9.18 Å². The maximum absolute atomic E-state index is 14.1. The molecule has 4 rings (SSSR count). The standard InChI is InChI=1S/C22H32FN3O2/c1-28-20-6-7-21(23)17(13-20)14-25-11-8-19(9-12-25)26-10-2-3-16(15-26)22(27)24-18-4-5-18/h6-7,13,16,18-19H,2-5,8-12,14-15H2,1H3,(H,24,27)/t16-/m0/s1. The van der Waals surface area contributed by atoms with Gasteiger partial charge in [0.05, 0.1) is 13.0 Å². The third kappa shape index (κ3) is 4.84. The summed E-state index contributed by atoms with van der Waals surface area (Å²) in [5.74, 6) is 0.954. The van der Waals surface area contributed by atoms with E-state index in [0.717, 1.165) is 64.7 Å². The second-order valence-electron chi connectivity index (χ2n) is 8.58. The van der Waals surface area contributed by atoms with E-state index in [2.05, 4.69) is 15.1 Å². The summed E-state index contributed by atoms with van der Waals surface area (Å²) in [5.41, 5.74) is 0.701. The van der Waals surface area contributed by atoms with E-state index in [1.54, 1.807) is 19.2 Å². The van der Waals surface area contributed by atoms with E-state index in [0.29, 0.717) is 29.9 Å². The van der Waals surface area contributed by atoms with Gasteiger partial charge in [-0.2, -0.15) is 0 Å². The summed E-state index contributed by atoms with van der Waals surface area (Å²) in [6, 6.07) is 5.94. The minimum atomic E-state index is -0.163. The van der Waals surface area contributed by atoms with Gasteiger partial charge in [-0.3, -0.25) is 14.6 Å². The molecule has 0 bridgehead atoms. The Morgan fingerprint density at radius 2 is 1.96 bits per heavy atom. The van der Waals surface area contributed by atoms with E-state index in [1.165, 1.54) is 6.07 Å². The molecule has 2 saturated heterocycles. The van der Waals surface area contributed by atoms with Crippen molar-refractivity contribution in [3.05, 3.63) is 29.6 Å². The molecule has 28 heavy (non-hydrogen) atoms. The smallest absolute Gasteiger partial charge is 0.224 e. The molecule has 2 aliphatic heterocycles. The minimum Gasteiger partial charge on any atom is -0.497 e. The van der Waals surface area contributed by atoms with Crippen LogP contribution in [-0.2, 0) is 11.3 Å². The number of benzene rings is 1. The van der Waals surface area contributed by atoms with Gasteiger partial charge < -0.3 is 10.1 Å². The maximum Gasteiger partial charge on any atom is 0.224 e. The summed E-state index contributed by atoms with van der Waals surface area (Å²) in [6.45, 7) is 4.56. The number of methoxy groups -OCH3 is 1.